The summed E-state index contributed by atoms with van der Waals surface area (Å²) in [6.45, 7) is -1.09. The van der Waals surface area contributed by atoms with Crippen molar-refractivity contribution in [2.75, 3.05) is 24.7 Å². The summed E-state index contributed by atoms with van der Waals surface area (Å²) in [6, 6.07) is 0. The molecule has 0 bridgehead atoms. The maximum atomic E-state index is 12.8. The number of fused-ring (bicyclic) bond motifs is 2. The maximum absolute atomic E-state index is 12.8. The van der Waals surface area contributed by atoms with Gasteiger partial charge in [-0.15, -0.1) is 0 Å². The second-order valence-corrected chi connectivity index (χ2v) is 10.8. The molecule has 4 aromatic heterocycles. The van der Waals surface area contributed by atoms with Crippen molar-refractivity contribution in [3.8, 4) is 0 Å². The molecular formula is C20H25N10NaO10P. The summed E-state index contributed by atoms with van der Waals surface area (Å²) in [6.07, 6.45) is -3.38. The number of anilines is 2. The summed E-state index contributed by atoms with van der Waals surface area (Å²) < 4.78 is 37.6. The van der Waals surface area contributed by atoms with E-state index in [1.54, 1.807) is 0 Å². The molecule has 2 saturated heterocycles. The van der Waals surface area contributed by atoms with Gasteiger partial charge < -0.3 is 36.0 Å². The van der Waals surface area contributed by atoms with E-state index in [2.05, 4.69) is 29.9 Å². The van der Waals surface area contributed by atoms with Gasteiger partial charge in [0.25, 0.3) is 11.1 Å². The summed E-state index contributed by atoms with van der Waals surface area (Å²) in [7, 11) is -4.76. The predicted molar refractivity (Wildman–Crippen MR) is 142 cm³/mol. The van der Waals surface area contributed by atoms with E-state index in [1.807, 2.05) is 0 Å². The Hall–Kier alpha value is -2.75. The molecule has 0 aliphatic carbocycles. The minimum Gasteiger partial charge on any atom is -0.394 e. The van der Waals surface area contributed by atoms with Crippen LogP contribution in [0.3, 0.4) is 0 Å². The quantitative estimate of drug-likeness (QED) is 0.0790. The zero-order valence-corrected chi connectivity index (χ0v) is 24.8. The number of hydrogen-bond acceptors (Lipinski definition) is 15. The zero-order chi connectivity index (χ0) is 29.1. The molecule has 9 N–H and O–H groups in total. The minimum atomic E-state index is -4.76. The van der Waals surface area contributed by atoms with Crippen LogP contribution in [-0.2, 0) is 23.1 Å². The molecule has 7 unspecified atom stereocenters. The molecular weight excluding hydrogens is 594 g/mol. The molecule has 2 aliphatic heterocycles. The van der Waals surface area contributed by atoms with E-state index in [9.17, 15) is 29.3 Å². The topological polar surface area (TPSA) is 294 Å². The van der Waals surface area contributed by atoms with E-state index in [-0.39, 0.29) is 76.6 Å². The Morgan fingerprint density at radius 3 is 2.05 bits per heavy atom. The van der Waals surface area contributed by atoms with E-state index in [1.165, 1.54) is 21.8 Å². The smallest absolute Gasteiger partial charge is 0.394 e. The number of aromatic amines is 2. The molecule has 0 spiro atoms. The van der Waals surface area contributed by atoms with Crippen LogP contribution in [0.4, 0.5) is 11.9 Å². The molecule has 0 aromatic carbocycles. The number of aromatic nitrogens is 8. The number of hydrogen-bond donors (Lipinski definition) is 7. The van der Waals surface area contributed by atoms with Gasteiger partial charge in [-0.3, -0.25) is 37.7 Å². The van der Waals surface area contributed by atoms with Crippen LogP contribution in [0.2, 0.25) is 0 Å². The van der Waals surface area contributed by atoms with Gasteiger partial charge in [-0.25, -0.2) is 14.5 Å². The van der Waals surface area contributed by atoms with Gasteiger partial charge >= 0.3 is 7.82 Å². The average Bonchev–Trinajstić information content (AvgIpc) is 3.67. The number of nitrogen functional groups attached to an aromatic ring is 2. The van der Waals surface area contributed by atoms with Crippen molar-refractivity contribution >= 4 is 71.6 Å². The largest absolute Gasteiger partial charge is 0.472 e. The number of nitrogens with one attached hydrogen (secondary N) is 2. The minimum absolute atomic E-state index is 0. The molecule has 42 heavy (non-hydrogen) atoms. The fourth-order valence-electron chi connectivity index (χ4n) is 4.86. The number of aliphatic hydroxyl groups is 2. The van der Waals surface area contributed by atoms with E-state index >= 15 is 0 Å². The molecule has 1 radical (unpaired) electrons. The number of nitrogens with zero attached hydrogens (tertiary/aromatic N) is 6. The van der Waals surface area contributed by atoms with Crippen LogP contribution in [-0.4, -0.2) is 121 Å². The van der Waals surface area contributed by atoms with Crippen LogP contribution in [0.5, 0.6) is 0 Å². The second-order valence-electron chi connectivity index (χ2n) is 9.44. The van der Waals surface area contributed by atoms with Crippen LogP contribution in [0.1, 0.15) is 25.3 Å². The fourth-order valence-corrected chi connectivity index (χ4v) is 5.82. The van der Waals surface area contributed by atoms with Crippen LogP contribution in [0, 0.1) is 0 Å². The van der Waals surface area contributed by atoms with Gasteiger partial charge in [-0.2, -0.15) is 9.97 Å². The predicted octanol–water partition coefficient (Wildman–Crippen LogP) is -2.53. The monoisotopic (exact) mass is 619 g/mol. The molecule has 0 saturated carbocycles. The first-order valence-electron chi connectivity index (χ1n) is 12.2. The molecule has 0 amide bonds. The SMILES string of the molecule is Nc1nc2c(ncn2C2CC(O)C(COP(=O)(O)OC3CC(n4cnc5c(=O)[nH]c(N)nc54)OC3CO)O2)c(=O)[nH]1.[Na]. The first-order chi connectivity index (χ1) is 19.5. The molecule has 221 valence electrons. The van der Waals surface area contributed by atoms with Gasteiger partial charge in [0, 0.05) is 42.4 Å². The molecule has 7 atom stereocenters. The number of aliphatic hydroxyl groups excluding tert-OH is 2. The number of H-pyrrole nitrogens is 2. The third-order valence-corrected chi connectivity index (χ3v) is 7.77. The third kappa shape index (κ3) is 5.75. The van der Waals surface area contributed by atoms with E-state index < -0.39 is 69.0 Å². The average molecular weight is 619 g/mol. The summed E-state index contributed by atoms with van der Waals surface area (Å²) in [4.78, 5) is 55.3. The van der Waals surface area contributed by atoms with Crippen molar-refractivity contribution in [1.82, 2.24) is 39.0 Å². The number of phosphoric acid groups is 1. The molecule has 6 heterocycles. The fraction of sp³-hybridized carbons (Fsp3) is 0.500. The number of ether oxygens (including phenoxy) is 2. The first-order valence-corrected chi connectivity index (χ1v) is 13.7. The van der Waals surface area contributed by atoms with Crippen molar-refractivity contribution in [3.05, 3.63) is 33.4 Å². The molecule has 20 nitrogen and oxygen atoms in total. The number of rotatable bonds is 8. The van der Waals surface area contributed by atoms with E-state index in [4.69, 9.17) is 30.0 Å². The summed E-state index contributed by atoms with van der Waals surface area (Å²) in [5, 5.41) is 20.3. The summed E-state index contributed by atoms with van der Waals surface area (Å²) in [5.41, 5.74) is 10.4. The Balaban J connectivity index is 0.00000353. The normalized spacial score (nSPS) is 27.4. The second kappa shape index (κ2) is 11.7. The Morgan fingerprint density at radius 1 is 0.976 bits per heavy atom. The third-order valence-electron chi connectivity index (χ3n) is 6.76. The Labute approximate surface area is 255 Å². The Morgan fingerprint density at radius 2 is 1.50 bits per heavy atom. The molecule has 6 rings (SSSR count). The van der Waals surface area contributed by atoms with E-state index in [0.717, 1.165) is 0 Å². The Kier molecular flexibility index (Phi) is 8.58. The van der Waals surface area contributed by atoms with Crippen LogP contribution in [0.25, 0.3) is 22.3 Å². The molecule has 2 fully saturated rings. The molecule has 22 heteroatoms. The van der Waals surface area contributed by atoms with Gasteiger partial charge in [0.2, 0.25) is 11.9 Å². The van der Waals surface area contributed by atoms with Gasteiger partial charge in [0.1, 0.15) is 30.8 Å². The van der Waals surface area contributed by atoms with Gasteiger partial charge in [0.15, 0.2) is 22.3 Å². The standard InChI is InChI=1S/C20H25N10O10P.Na/c21-19-25-15-13(17(33)27-19)23-5-29(15)11-1-7(32)10(39-11)4-37-41(35,36)40-8-2-12(38-9(8)3-31)30-6-24-14-16(30)26-20(22)28-18(14)34;/h5-12,31-32H,1-4H2,(H,35,36)(H3,21,25,27,33)(H3,22,26,28,34);. The van der Waals surface area contributed by atoms with Crippen molar-refractivity contribution < 1.29 is 38.2 Å². The van der Waals surface area contributed by atoms with Gasteiger partial charge in [0.05, 0.1) is 32.0 Å². The van der Waals surface area contributed by atoms with Crippen molar-refractivity contribution in [2.24, 2.45) is 0 Å². The maximum Gasteiger partial charge on any atom is 0.472 e. The van der Waals surface area contributed by atoms with E-state index in [0.29, 0.717) is 0 Å². The number of nitrogens with two attached hydrogens (primary N) is 2. The number of imidazole rings is 2. The molecule has 2 aliphatic rings. The number of phosphoric ester groups is 1. The first kappa shape index (κ1) is 30.7. The van der Waals surface area contributed by atoms with Crippen molar-refractivity contribution in [2.45, 2.75) is 49.7 Å². The van der Waals surface area contributed by atoms with Crippen LogP contribution < -0.4 is 22.6 Å². The Bertz CT molecular complexity index is 1780. The van der Waals surface area contributed by atoms with Crippen molar-refractivity contribution in [3.63, 3.8) is 0 Å². The summed E-state index contributed by atoms with van der Waals surface area (Å²) in [5.74, 6) is -0.272. The van der Waals surface area contributed by atoms with Crippen molar-refractivity contribution in [1.29, 1.82) is 0 Å². The zero-order valence-electron chi connectivity index (χ0n) is 21.9. The van der Waals surface area contributed by atoms with Gasteiger partial charge in [-0.05, 0) is 0 Å². The molecule has 4 aromatic rings. The van der Waals surface area contributed by atoms with Crippen LogP contribution >= 0.6 is 7.82 Å². The van der Waals surface area contributed by atoms with Crippen LogP contribution in [0.15, 0.2) is 22.2 Å². The van der Waals surface area contributed by atoms with Gasteiger partial charge in [-0.1, -0.05) is 0 Å². The summed E-state index contributed by atoms with van der Waals surface area (Å²) >= 11 is 0.